The van der Waals surface area contributed by atoms with Crippen LogP contribution >= 0.6 is 23.2 Å². The monoisotopic (exact) mass is 357 g/mol. The number of aromatic nitrogens is 2. The van der Waals surface area contributed by atoms with Crippen LogP contribution in [0.15, 0.2) is 72.0 Å². The van der Waals surface area contributed by atoms with Crippen LogP contribution in [0.25, 0.3) is 5.69 Å². The maximum atomic E-state index is 12.1. The summed E-state index contributed by atoms with van der Waals surface area (Å²) >= 11 is 11.9. The van der Waals surface area contributed by atoms with Gasteiger partial charge in [0.15, 0.2) is 0 Å². The Morgan fingerprint density at radius 1 is 1.08 bits per heavy atom. The first-order valence-corrected chi connectivity index (χ1v) is 7.99. The highest BCUT2D eigenvalue weighted by Gasteiger charge is 2.06. The summed E-state index contributed by atoms with van der Waals surface area (Å²) in [4.78, 5) is 16.1. The fourth-order valence-electron chi connectivity index (χ4n) is 2.16. The Morgan fingerprint density at radius 2 is 1.88 bits per heavy atom. The third kappa shape index (κ3) is 4.10. The van der Waals surface area contributed by atoms with Gasteiger partial charge in [-0.1, -0.05) is 47.5 Å². The number of benzene rings is 2. The molecule has 3 aromatic rings. The summed E-state index contributed by atoms with van der Waals surface area (Å²) in [6, 6.07) is 16.5. The molecule has 0 bridgehead atoms. The highest BCUT2D eigenvalue weighted by Crippen LogP contribution is 2.21. The third-order valence-electron chi connectivity index (χ3n) is 3.33. The number of amides is 1. The summed E-state index contributed by atoms with van der Waals surface area (Å²) in [7, 11) is 0. The summed E-state index contributed by atoms with van der Waals surface area (Å²) in [5, 5.41) is 5.75. The quantitative estimate of drug-likeness (QED) is 0.714. The predicted octanol–water partition coefficient (Wildman–Crippen LogP) is 3.85. The van der Waals surface area contributed by atoms with Gasteiger partial charge in [0.1, 0.15) is 0 Å². The van der Waals surface area contributed by atoms with E-state index in [1.165, 1.54) is 0 Å². The first-order chi connectivity index (χ1) is 11.6. The van der Waals surface area contributed by atoms with Crippen molar-refractivity contribution in [3.8, 4) is 5.69 Å². The van der Waals surface area contributed by atoms with Gasteiger partial charge in [-0.25, -0.2) is 9.67 Å². The van der Waals surface area contributed by atoms with Gasteiger partial charge < -0.3 is 0 Å². The van der Waals surface area contributed by atoms with Gasteiger partial charge in [-0.15, -0.1) is 0 Å². The minimum atomic E-state index is -0.293. The fraction of sp³-hybridized carbons (Fsp3) is 0.0556. The molecule has 4 nitrogen and oxygen atoms in total. The van der Waals surface area contributed by atoms with E-state index in [-0.39, 0.29) is 12.3 Å². The van der Waals surface area contributed by atoms with Gasteiger partial charge in [0, 0.05) is 16.2 Å². The molecule has 1 aromatic heterocycles. The summed E-state index contributed by atoms with van der Waals surface area (Å²) in [5.41, 5.74) is 1.63. The van der Waals surface area contributed by atoms with E-state index in [2.05, 4.69) is 10.1 Å². The topological polar surface area (TPSA) is 47.2 Å². The van der Waals surface area contributed by atoms with Crippen LogP contribution in [0.4, 0.5) is 0 Å². The molecular formula is C18H13Cl2N3O. The molecular weight excluding hydrogens is 345 g/mol. The van der Waals surface area contributed by atoms with E-state index >= 15 is 0 Å². The van der Waals surface area contributed by atoms with E-state index in [1.807, 2.05) is 30.3 Å². The minimum Gasteiger partial charge on any atom is -0.272 e. The van der Waals surface area contributed by atoms with Gasteiger partial charge in [-0.05, 0) is 35.9 Å². The molecule has 120 valence electrons. The molecule has 0 aliphatic heterocycles. The van der Waals surface area contributed by atoms with Crippen LogP contribution in [0.5, 0.6) is 0 Å². The number of hydrogen-bond donors (Lipinski definition) is 0. The lowest BCUT2D eigenvalue weighted by molar-refractivity contribution is -0.117. The number of carbonyl (C=O) groups is 1. The second-order valence-corrected chi connectivity index (χ2v) is 5.93. The van der Waals surface area contributed by atoms with Gasteiger partial charge in [0.05, 0.1) is 23.7 Å². The van der Waals surface area contributed by atoms with E-state index < -0.39 is 0 Å². The van der Waals surface area contributed by atoms with E-state index in [9.17, 15) is 4.79 Å². The van der Waals surface area contributed by atoms with Gasteiger partial charge in [-0.3, -0.25) is 4.79 Å². The Kier molecular flexibility index (Phi) is 5.08. The molecule has 0 radical (unpaired) electrons. The molecule has 0 N–H and O–H groups in total. The largest absolute Gasteiger partial charge is 0.272 e. The molecule has 0 spiro atoms. The van der Waals surface area contributed by atoms with Crippen molar-refractivity contribution >= 4 is 29.1 Å². The Labute approximate surface area is 149 Å². The lowest BCUT2D eigenvalue weighted by Gasteiger charge is -2.03. The van der Waals surface area contributed by atoms with Crippen molar-refractivity contribution in [2.45, 2.75) is 6.42 Å². The van der Waals surface area contributed by atoms with Crippen molar-refractivity contribution in [1.29, 1.82) is 0 Å². The number of hydrogen-bond acceptors (Lipinski definition) is 2. The molecule has 0 aliphatic rings. The Hall–Kier alpha value is -2.43. The van der Waals surface area contributed by atoms with E-state index in [1.54, 1.807) is 41.3 Å². The SMILES string of the molecule is O=C(Cc1ccc(Cl)cc1Cl)N=c1ccn(-c2ccccc2)nc1. The number of halogens is 2. The Morgan fingerprint density at radius 3 is 2.54 bits per heavy atom. The van der Waals surface area contributed by atoms with Crippen LogP contribution in [-0.2, 0) is 11.2 Å². The fourth-order valence-corrected chi connectivity index (χ4v) is 2.64. The average molecular weight is 358 g/mol. The minimum absolute atomic E-state index is 0.115. The smallest absolute Gasteiger partial charge is 0.250 e. The molecule has 1 heterocycles. The van der Waals surface area contributed by atoms with Crippen molar-refractivity contribution in [2.75, 3.05) is 0 Å². The molecule has 2 aromatic carbocycles. The highest BCUT2D eigenvalue weighted by atomic mass is 35.5. The van der Waals surface area contributed by atoms with Crippen LogP contribution in [-0.4, -0.2) is 15.7 Å². The summed E-state index contributed by atoms with van der Waals surface area (Å²) < 4.78 is 1.71. The molecule has 0 atom stereocenters. The first kappa shape index (κ1) is 16.4. The second kappa shape index (κ2) is 7.43. The molecule has 0 saturated heterocycles. The average Bonchev–Trinajstić information content (AvgIpc) is 2.59. The molecule has 24 heavy (non-hydrogen) atoms. The lowest BCUT2D eigenvalue weighted by Crippen LogP contribution is -2.12. The van der Waals surface area contributed by atoms with Gasteiger partial charge in [0.2, 0.25) is 0 Å². The number of para-hydroxylation sites is 1. The van der Waals surface area contributed by atoms with Gasteiger partial charge in [-0.2, -0.15) is 5.10 Å². The Balaban J connectivity index is 1.77. The second-order valence-electron chi connectivity index (χ2n) is 5.08. The third-order valence-corrected chi connectivity index (χ3v) is 3.92. The zero-order chi connectivity index (χ0) is 16.9. The van der Waals surface area contributed by atoms with Crippen molar-refractivity contribution in [3.63, 3.8) is 0 Å². The number of carbonyl (C=O) groups excluding carboxylic acids is 1. The number of rotatable bonds is 3. The van der Waals surface area contributed by atoms with Crippen molar-refractivity contribution in [1.82, 2.24) is 9.78 Å². The molecule has 0 unspecified atom stereocenters. The standard InChI is InChI=1S/C18H13Cl2N3O/c19-14-7-6-13(17(20)11-14)10-18(24)22-15-8-9-23(21-12-15)16-4-2-1-3-5-16/h1-9,11-12H,10H2. The van der Waals surface area contributed by atoms with Crippen molar-refractivity contribution < 1.29 is 4.79 Å². The predicted molar refractivity (Wildman–Crippen MR) is 94.3 cm³/mol. The molecule has 1 amide bonds. The molecule has 6 heteroatoms. The van der Waals surface area contributed by atoms with Crippen LogP contribution in [0.1, 0.15) is 5.56 Å². The van der Waals surface area contributed by atoms with Crippen molar-refractivity contribution in [2.24, 2.45) is 4.99 Å². The molecule has 0 saturated carbocycles. The zero-order valence-corrected chi connectivity index (χ0v) is 14.1. The highest BCUT2D eigenvalue weighted by molar-refractivity contribution is 6.35. The normalized spacial score (nSPS) is 11.5. The van der Waals surface area contributed by atoms with E-state index in [4.69, 9.17) is 23.2 Å². The van der Waals surface area contributed by atoms with Crippen molar-refractivity contribution in [3.05, 3.63) is 88.0 Å². The summed E-state index contributed by atoms with van der Waals surface area (Å²) in [5.74, 6) is -0.293. The molecule has 0 aliphatic carbocycles. The maximum absolute atomic E-state index is 12.1. The van der Waals surface area contributed by atoms with E-state index in [0.29, 0.717) is 21.0 Å². The summed E-state index contributed by atoms with van der Waals surface area (Å²) in [6.07, 6.45) is 3.43. The van der Waals surface area contributed by atoms with E-state index in [0.717, 1.165) is 5.69 Å². The summed E-state index contributed by atoms with van der Waals surface area (Å²) in [6.45, 7) is 0. The Bertz CT molecular complexity index is 916. The van der Waals surface area contributed by atoms with Gasteiger partial charge >= 0.3 is 0 Å². The number of nitrogens with zero attached hydrogens (tertiary/aromatic N) is 3. The van der Waals surface area contributed by atoms with Crippen LogP contribution in [0.2, 0.25) is 10.0 Å². The van der Waals surface area contributed by atoms with Gasteiger partial charge in [0.25, 0.3) is 5.91 Å². The zero-order valence-electron chi connectivity index (χ0n) is 12.6. The lowest BCUT2D eigenvalue weighted by atomic mass is 10.1. The molecule has 0 fully saturated rings. The molecule has 3 rings (SSSR count). The first-order valence-electron chi connectivity index (χ1n) is 7.24. The van der Waals surface area contributed by atoms with Crippen LogP contribution in [0.3, 0.4) is 0 Å². The van der Waals surface area contributed by atoms with Crippen LogP contribution < -0.4 is 5.36 Å². The maximum Gasteiger partial charge on any atom is 0.250 e. The van der Waals surface area contributed by atoms with Crippen LogP contribution in [0, 0.1) is 0 Å².